The molecule has 2 N–H and O–H groups in total. The Bertz CT molecular complexity index is 400. The molecule has 0 spiro atoms. The van der Waals surface area contributed by atoms with Crippen LogP contribution in [0.5, 0.6) is 0 Å². The van der Waals surface area contributed by atoms with Crippen LogP contribution in [0.25, 0.3) is 0 Å². The summed E-state index contributed by atoms with van der Waals surface area (Å²) in [6, 6.07) is 2.83. The SMILES string of the molecule is COCCOCC(=O)NCc1ccc(C(=O)O)o1. The summed E-state index contributed by atoms with van der Waals surface area (Å²) >= 11 is 0. The van der Waals surface area contributed by atoms with Gasteiger partial charge >= 0.3 is 5.97 Å². The first-order chi connectivity index (χ1) is 8.63. The summed E-state index contributed by atoms with van der Waals surface area (Å²) in [5, 5.41) is 11.2. The highest BCUT2D eigenvalue weighted by Crippen LogP contribution is 2.07. The first-order valence-electron chi connectivity index (χ1n) is 5.29. The van der Waals surface area contributed by atoms with Crippen molar-refractivity contribution in [1.29, 1.82) is 0 Å². The quantitative estimate of drug-likeness (QED) is 0.648. The van der Waals surface area contributed by atoms with E-state index in [0.717, 1.165) is 0 Å². The van der Waals surface area contributed by atoms with Crippen molar-refractivity contribution in [3.8, 4) is 0 Å². The second-order valence-electron chi connectivity index (χ2n) is 3.39. The Morgan fingerprint density at radius 2 is 2.17 bits per heavy atom. The molecule has 0 unspecified atom stereocenters. The van der Waals surface area contributed by atoms with Gasteiger partial charge in [-0.2, -0.15) is 0 Å². The summed E-state index contributed by atoms with van der Waals surface area (Å²) in [4.78, 5) is 21.8. The monoisotopic (exact) mass is 257 g/mol. The molecule has 0 bridgehead atoms. The number of furan rings is 1. The molecule has 0 aliphatic carbocycles. The Morgan fingerprint density at radius 3 is 2.78 bits per heavy atom. The summed E-state index contributed by atoms with van der Waals surface area (Å²) < 4.78 is 14.7. The van der Waals surface area contributed by atoms with Gasteiger partial charge in [-0.1, -0.05) is 0 Å². The Kier molecular flexibility index (Phi) is 5.89. The highest BCUT2D eigenvalue weighted by molar-refractivity contribution is 5.84. The number of amides is 1. The van der Waals surface area contributed by atoms with Crippen LogP contribution in [0, 0.1) is 0 Å². The fourth-order valence-corrected chi connectivity index (χ4v) is 1.13. The predicted octanol–water partition coefficient (Wildman–Crippen LogP) is 0.257. The zero-order chi connectivity index (χ0) is 13.4. The fraction of sp³-hybridized carbons (Fsp3) is 0.455. The van der Waals surface area contributed by atoms with E-state index < -0.39 is 5.97 Å². The number of hydrogen-bond acceptors (Lipinski definition) is 5. The summed E-state index contributed by atoms with van der Waals surface area (Å²) in [5.74, 6) is -1.23. The van der Waals surface area contributed by atoms with Crippen LogP contribution in [0.15, 0.2) is 16.5 Å². The molecular formula is C11H15NO6. The fourth-order valence-electron chi connectivity index (χ4n) is 1.13. The van der Waals surface area contributed by atoms with E-state index in [1.807, 2.05) is 0 Å². The van der Waals surface area contributed by atoms with E-state index in [0.29, 0.717) is 19.0 Å². The standard InChI is InChI=1S/C11H15NO6/c1-16-4-5-17-7-10(13)12-6-8-2-3-9(18-8)11(14)15/h2-3H,4-7H2,1H3,(H,12,13)(H,14,15). The Balaban J connectivity index is 2.23. The maximum atomic E-state index is 11.3. The van der Waals surface area contributed by atoms with Gasteiger partial charge in [0.2, 0.25) is 11.7 Å². The van der Waals surface area contributed by atoms with E-state index in [2.05, 4.69) is 5.32 Å². The molecule has 100 valence electrons. The molecule has 0 fully saturated rings. The number of aromatic carboxylic acids is 1. The third kappa shape index (κ3) is 4.98. The number of hydrogen-bond donors (Lipinski definition) is 2. The van der Waals surface area contributed by atoms with Crippen molar-refractivity contribution >= 4 is 11.9 Å². The molecule has 0 aliphatic heterocycles. The van der Waals surface area contributed by atoms with Crippen LogP contribution in [0.3, 0.4) is 0 Å². The first kappa shape index (κ1) is 14.2. The number of carboxylic acids is 1. The molecule has 18 heavy (non-hydrogen) atoms. The van der Waals surface area contributed by atoms with Crippen molar-refractivity contribution in [1.82, 2.24) is 5.32 Å². The van der Waals surface area contributed by atoms with Crippen LogP contribution in [0.2, 0.25) is 0 Å². The Labute approximate surface area is 104 Å². The van der Waals surface area contributed by atoms with Crippen LogP contribution >= 0.6 is 0 Å². The average Bonchev–Trinajstić information content (AvgIpc) is 2.81. The summed E-state index contributed by atoms with van der Waals surface area (Å²) in [5.41, 5.74) is 0. The number of ether oxygens (including phenoxy) is 2. The topological polar surface area (TPSA) is 98.0 Å². The van der Waals surface area contributed by atoms with Crippen LogP contribution in [-0.2, 0) is 20.8 Å². The van der Waals surface area contributed by atoms with Gasteiger partial charge in [0.25, 0.3) is 0 Å². The number of nitrogens with one attached hydrogen (secondary N) is 1. The van der Waals surface area contributed by atoms with Crippen molar-refractivity contribution in [3.63, 3.8) is 0 Å². The smallest absolute Gasteiger partial charge is 0.371 e. The van der Waals surface area contributed by atoms with Crippen LogP contribution in [-0.4, -0.2) is 43.9 Å². The molecule has 1 heterocycles. The lowest BCUT2D eigenvalue weighted by molar-refractivity contribution is -0.126. The normalized spacial score (nSPS) is 10.3. The molecule has 1 aromatic heterocycles. The molecule has 7 heteroatoms. The van der Waals surface area contributed by atoms with Gasteiger partial charge in [-0.25, -0.2) is 4.79 Å². The molecule has 1 aromatic rings. The lowest BCUT2D eigenvalue weighted by atomic mass is 10.4. The van der Waals surface area contributed by atoms with Gasteiger partial charge < -0.3 is 24.3 Å². The number of carbonyl (C=O) groups is 2. The van der Waals surface area contributed by atoms with Gasteiger partial charge in [0.05, 0.1) is 19.8 Å². The Morgan fingerprint density at radius 1 is 1.39 bits per heavy atom. The van der Waals surface area contributed by atoms with Crippen LogP contribution in [0.1, 0.15) is 16.3 Å². The second-order valence-corrected chi connectivity index (χ2v) is 3.39. The largest absolute Gasteiger partial charge is 0.475 e. The zero-order valence-corrected chi connectivity index (χ0v) is 9.97. The minimum Gasteiger partial charge on any atom is -0.475 e. The molecule has 0 saturated heterocycles. The molecule has 0 saturated carbocycles. The van der Waals surface area contributed by atoms with E-state index in [-0.39, 0.29) is 24.8 Å². The van der Waals surface area contributed by atoms with E-state index in [1.54, 1.807) is 7.11 Å². The van der Waals surface area contributed by atoms with E-state index in [9.17, 15) is 9.59 Å². The molecular weight excluding hydrogens is 242 g/mol. The molecule has 1 rings (SSSR count). The van der Waals surface area contributed by atoms with E-state index in [1.165, 1.54) is 12.1 Å². The van der Waals surface area contributed by atoms with Gasteiger partial charge in [-0.15, -0.1) is 0 Å². The van der Waals surface area contributed by atoms with Crippen molar-refractivity contribution in [2.24, 2.45) is 0 Å². The Hall–Kier alpha value is -1.86. The van der Waals surface area contributed by atoms with Crippen molar-refractivity contribution in [3.05, 3.63) is 23.7 Å². The third-order valence-corrected chi connectivity index (χ3v) is 2.00. The number of carbonyl (C=O) groups excluding carboxylic acids is 1. The molecule has 0 radical (unpaired) electrons. The number of carboxylic acid groups (broad SMARTS) is 1. The van der Waals surface area contributed by atoms with Crippen LogP contribution < -0.4 is 5.32 Å². The lowest BCUT2D eigenvalue weighted by Crippen LogP contribution is -2.27. The minimum atomic E-state index is -1.14. The number of methoxy groups -OCH3 is 1. The zero-order valence-electron chi connectivity index (χ0n) is 9.97. The van der Waals surface area contributed by atoms with Gasteiger partial charge in [0, 0.05) is 7.11 Å². The average molecular weight is 257 g/mol. The van der Waals surface area contributed by atoms with Crippen LogP contribution in [0.4, 0.5) is 0 Å². The molecule has 1 amide bonds. The summed E-state index contributed by atoms with van der Waals surface area (Å²) in [6.45, 7) is 0.816. The highest BCUT2D eigenvalue weighted by atomic mass is 16.5. The molecule has 0 aliphatic rings. The van der Waals surface area contributed by atoms with Crippen molar-refractivity contribution in [2.45, 2.75) is 6.54 Å². The third-order valence-electron chi connectivity index (χ3n) is 2.00. The molecule has 0 atom stereocenters. The summed E-state index contributed by atoms with van der Waals surface area (Å²) in [7, 11) is 1.54. The van der Waals surface area contributed by atoms with Gasteiger partial charge in [0.1, 0.15) is 12.4 Å². The predicted molar refractivity (Wildman–Crippen MR) is 60.2 cm³/mol. The van der Waals surface area contributed by atoms with Gasteiger partial charge in [-0.3, -0.25) is 4.79 Å². The highest BCUT2D eigenvalue weighted by Gasteiger charge is 2.09. The van der Waals surface area contributed by atoms with Crippen molar-refractivity contribution in [2.75, 3.05) is 26.9 Å². The van der Waals surface area contributed by atoms with E-state index >= 15 is 0 Å². The maximum absolute atomic E-state index is 11.3. The second kappa shape index (κ2) is 7.46. The van der Waals surface area contributed by atoms with Gasteiger partial charge in [0.15, 0.2) is 0 Å². The van der Waals surface area contributed by atoms with Crippen molar-refractivity contribution < 1.29 is 28.6 Å². The van der Waals surface area contributed by atoms with E-state index in [4.69, 9.17) is 19.0 Å². The number of rotatable bonds is 8. The summed E-state index contributed by atoms with van der Waals surface area (Å²) in [6.07, 6.45) is 0. The minimum absolute atomic E-state index is 0.0736. The first-order valence-corrected chi connectivity index (χ1v) is 5.29. The lowest BCUT2D eigenvalue weighted by Gasteiger charge is -2.04. The maximum Gasteiger partial charge on any atom is 0.371 e. The molecule has 0 aromatic carbocycles. The van der Waals surface area contributed by atoms with Gasteiger partial charge in [-0.05, 0) is 12.1 Å². The molecule has 7 nitrogen and oxygen atoms in total.